The first-order valence-electron chi connectivity index (χ1n) is 9.56. The Morgan fingerprint density at radius 2 is 2.07 bits per heavy atom. The summed E-state index contributed by atoms with van der Waals surface area (Å²) in [6.45, 7) is 2.13. The van der Waals surface area contributed by atoms with Crippen LogP contribution < -0.4 is 15.0 Å². The van der Waals surface area contributed by atoms with Crippen LogP contribution in [0.5, 0.6) is 5.88 Å². The first-order valence-corrected chi connectivity index (χ1v) is 9.56. The van der Waals surface area contributed by atoms with Gasteiger partial charge in [-0.05, 0) is 36.6 Å². The third kappa shape index (κ3) is 4.68. The number of anilines is 2. The van der Waals surface area contributed by atoms with Gasteiger partial charge in [-0.2, -0.15) is 5.10 Å². The van der Waals surface area contributed by atoms with E-state index >= 15 is 0 Å². The fraction of sp³-hybridized carbons (Fsp3) is 0.350. The molecule has 3 heterocycles. The van der Waals surface area contributed by atoms with Crippen LogP contribution in [-0.4, -0.2) is 51.1 Å². The highest BCUT2D eigenvalue weighted by atomic mass is 16.5. The molecule has 0 spiro atoms. The number of piperidine rings is 1. The average molecular weight is 393 g/mol. The largest absolute Gasteiger partial charge is 0.480 e. The summed E-state index contributed by atoms with van der Waals surface area (Å²) < 4.78 is 6.81. The number of nitrogens with one attached hydrogen (secondary N) is 1. The maximum Gasteiger partial charge on any atom is 0.233 e. The summed E-state index contributed by atoms with van der Waals surface area (Å²) in [5.41, 5.74) is 1.88. The van der Waals surface area contributed by atoms with E-state index in [4.69, 9.17) is 4.74 Å². The van der Waals surface area contributed by atoms with Gasteiger partial charge in [0.1, 0.15) is 12.7 Å². The molecule has 9 heteroatoms. The van der Waals surface area contributed by atoms with Crippen molar-refractivity contribution in [3.8, 4) is 5.88 Å². The molecule has 1 amide bonds. The topological polar surface area (TPSA) is 98.1 Å². The zero-order chi connectivity index (χ0) is 20.1. The fourth-order valence-electron chi connectivity index (χ4n) is 3.43. The maximum absolute atomic E-state index is 12.8. The number of carbonyl (C=O) groups excluding carboxylic acids is 1. The Kier molecular flexibility index (Phi) is 5.64. The van der Waals surface area contributed by atoms with Crippen LogP contribution in [0.15, 0.2) is 49.1 Å². The Bertz CT molecular complexity index is 926. The van der Waals surface area contributed by atoms with E-state index in [2.05, 4.69) is 30.5 Å². The van der Waals surface area contributed by atoms with E-state index in [1.54, 1.807) is 24.2 Å². The predicted molar refractivity (Wildman–Crippen MR) is 108 cm³/mol. The second-order valence-corrected chi connectivity index (χ2v) is 7.00. The van der Waals surface area contributed by atoms with Crippen molar-refractivity contribution < 1.29 is 9.53 Å². The molecule has 1 saturated heterocycles. The third-order valence-corrected chi connectivity index (χ3v) is 4.98. The van der Waals surface area contributed by atoms with Crippen LogP contribution in [-0.2, 0) is 11.3 Å². The number of benzene rings is 1. The van der Waals surface area contributed by atoms with Crippen LogP contribution in [0.25, 0.3) is 0 Å². The quantitative estimate of drug-likeness (QED) is 0.684. The van der Waals surface area contributed by atoms with Crippen LogP contribution in [0.2, 0.25) is 0 Å². The number of hydrogen-bond acceptors (Lipinski definition) is 7. The zero-order valence-corrected chi connectivity index (χ0v) is 16.2. The van der Waals surface area contributed by atoms with Crippen molar-refractivity contribution in [1.82, 2.24) is 25.0 Å². The van der Waals surface area contributed by atoms with E-state index in [1.807, 2.05) is 30.3 Å². The lowest BCUT2D eigenvalue weighted by Gasteiger charge is -2.32. The van der Waals surface area contributed by atoms with Gasteiger partial charge in [-0.3, -0.25) is 4.79 Å². The van der Waals surface area contributed by atoms with Gasteiger partial charge >= 0.3 is 0 Å². The average Bonchev–Trinajstić information content (AvgIpc) is 3.28. The van der Waals surface area contributed by atoms with E-state index in [1.165, 1.54) is 6.33 Å². The van der Waals surface area contributed by atoms with Gasteiger partial charge in [0, 0.05) is 24.8 Å². The van der Waals surface area contributed by atoms with Crippen molar-refractivity contribution in [3.63, 3.8) is 0 Å². The van der Waals surface area contributed by atoms with Gasteiger partial charge < -0.3 is 15.0 Å². The minimum Gasteiger partial charge on any atom is -0.480 e. The van der Waals surface area contributed by atoms with Gasteiger partial charge in [0.25, 0.3) is 0 Å². The molecule has 3 aromatic rings. The second-order valence-electron chi connectivity index (χ2n) is 7.00. The van der Waals surface area contributed by atoms with E-state index in [0.29, 0.717) is 19.0 Å². The Morgan fingerprint density at radius 3 is 2.76 bits per heavy atom. The van der Waals surface area contributed by atoms with Gasteiger partial charge in [-0.15, -0.1) is 10.2 Å². The van der Waals surface area contributed by atoms with Crippen molar-refractivity contribution in [2.24, 2.45) is 5.92 Å². The Balaban J connectivity index is 1.35. The number of nitrogens with zero attached hydrogens (tertiary/aromatic N) is 6. The van der Waals surface area contributed by atoms with Gasteiger partial charge in [0.15, 0.2) is 5.82 Å². The summed E-state index contributed by atoms with van der Waals surface area (Å²) in [5.74, 6) is 1.18. The number of methoxy groups -OCH3 is 1. The highest BCUT2D eigenvalue weighted by Gasteiger charge is 2.26. The SMILES string of the molecule is COc1ccc(N2CCC[C@@H](C(=O)Nc3ccc(Cn4cncn4)cc3)C2)nn1. The molecular formula is C20H23N7O2. The lowest BCUT2D eigenvalue weighted by Crippen LogP contribution is -2.41. The molecule has 1 fully saturated rings. The van der Waals surface area contributed by atoms with Gasteiger partial charge in [-0.25, -0.2) is 9.67 Å². The molecule has 1 atom stereocenters. The molecule has 9 nitrogen and oxygen atoms in total. The molecule has 1 aliphatic rings. The molecule has 1 N–H and O–H groups in total. The molecule has 0 bridgehead atoms. The summed E-state index contributed by atoms with van der Waals surface area (Å²) in [6.07, 6.45) is 4.98. The number of amides is 1. The molecule has 29 heavy (non-hydrogen) atoms. The Hall–Kier alpha value is -3.49. The standard InChI is InChI=1S/C20H23N7O2/c1-29-19-9-8-18(24-25-19)26-10-2-3-16(12-26)20(28)23-17-6-4-15(5-7-17)11-27-14-21-13-22-27/h4-9,13-14,16H,2-3,10-12H2,1H3,(H,23,28)/t16-/m1/s1. The fourth-order valence-corrected chi connectivity index (χ4v) is 3.43. The van der Waals surface area contributed by atoms with Crippen molar-refractivity contribution in [2.45, 2.75) is 19.4 Å². The number of ether oxygens (including phenoxy) is 1. The van der Waals surface area contributed by atoms with Crippen molar-refractivity contribution in [3.05, 3.63) is 54.6 Å². The minimum absolute atomic E-state index is 0.0280. The van der Waals surface area contributed by atoms with Crippen LogP contribution in [0.1, 0.15) is 18.4 Å². The molecule has 1 aliphatic heterocycles. The Morgan fingerprint density at radius 1 is 1.21 bits per heavy atom. The molecule has 2 aromatic heterocycles. The molecule has 0 radical (unpaired) electrons. The Labute approximate surface area is 168 Å². The molecular weight excluding hydrogens is 370 g/mol. The van der Waals surface area contributed by atoms with Crippen LogP contribution in [0, 0.1) is 5.92 Å². The van der Waals surface area contributed by atoms with Gasteiger partial charge in [0.2, 0.25) is 11.8 Å². The summed E-state index contributed by atoms with van der Waals surface area (Å²) in [5, 5.41) is 15.4. The van der Waals surface area contributed by atoms with Crippen molar-refractivity contribution in [1.29, 1.82) is 0 Å². The lowest BCUT2D eigenvalue weighted by molar-refractivity contribution is -0.120. The number of rotatable bonds is 6. The molecule has 0 unspecified atom stereocenters. The molecule has 1 aromatic carbocycles. The number of carbonyl (C=O) groups is 1. The number of aromatic nitrogens is 5. The summed E-state index contributed by atoms with van der Waals surface area (Å²) >= 11 is 0. The molecule has 4 rings (SSSR count). The molecule has 0 aliphatic carbocycles. The summed E-state index contributed by atoms with van der Waals surface area (Å²) in [7, 11) is 1.56. The first-order chi connectivity index (χ1) is 14.2. The lowest BCUT2D eigenvalue weighted by atomic mass is 9.97. The van der Waals surface area contributed by atoms with E-state index < -0.39 is 0 Å². The zero-order valence-electron chi connectivity index (χ0n) is 16.2. The predicted octanol–water partition coefficient (Wildman–Crippen LogP) is 1.98. The third-order valence-electron chi connectivity index (χ3n) is 4.98. The van der Waals surface area contributed by atoms with Crippen LogP contribution in [0.3, 0.4) is 0 Å². The monoisotopic (exact) mass is 393 g/mol. The smallest absolute Gasteiger partial charge is 0.233 e. The van der Waals surface area contributed by atoms with Crippen LogP contribution >= 0.6 is 0 Å². The van der Waals surface area contributed by atoms with E-state index in [-0.39, 0.29) is 11.8 Å². The minimum atomic E-state index is -0.0949. The maximum atomic E-state index is 12.8. The van der Waals surface area contributed by atoms with Gasteiger partial charge in [0.05, 0.1) is 19.6 Å². The summed E-state index contributed by atoms with van der Waals surface area (Å²) in [4.78, 5) is 18.8. The molecule has 0 saturated carbocycles. The van der Waals surface area contributed by atoms with Crippen molar-refractivity contribution in [2.75, 3.05) is 30.4 Å². The number of hydrogen-bond donors (Lipinski definition) is 1. The van der Waals surface area contributed by atoms with E-state index in [9.17, 15) is 4.79 Å². The highest BCUT2D eigenvalue weighted by molar-refractivity contribution is 5.93. The highest BCUT2D eigenvalue weighted by Crippen LogP contribution is 2.23. The van der Waals surface area contributed by atoms with Crippen molar-refractivity contribution >= 4 is 17.4 Å². The van der Waals surface area contributed by atoms with Gasteiger partial charge in [-0.1, -0.05) is 12.1 Å². The summed E-state index contributed by atoms with van der Waals surface area (Å²) in [6, 6.07) is 11.5. The normalized spacial score (nSPS) is 16.4. The molecule has 150 valence electrons. The first kappa shape index (κ1) is 18.9. The second kappa shape index (κ2) is 8.68. The van der Waals surface area contributed by atoms with E-state index in [0.717, 1.165) is 36.5 Å². The van der Waals surface area contributed by atoms with Crippen LogP contribution in [0.4, 0.5) is 11.5 Å².